The number of hydrogen-bond acceptors (Lipinski definition) is 1. The highest BCUT2D eigenvalue weighted by Gasteiger charge is 2.28. The smallest absolute Gasteiger partial charge is 0.0979 e. The normalized spacial score (nSPS) is 13.6. The van der Waals surface area contributed by atoms with Crippen molar-refractivity contribution in [3.63, 3.8) is 0 Å². The minimum absolute atomic E-state index is 0.181. The summed E-state index contributed by atoms with van der Waals surface area (Å²) in [7, 11) is -2.00. The maximum Gasteiger partial charge on any atom is 0.0979 e. The zero-order valence-electron chi connectivity index (χ0n) is 19.3. The first kappa shape index (κ1) is 23.6. The third kappa shape index (κ3) is 5.68. The summed E-state index contributed by atoms with van der Waals surface area (Å²) in [5, 5.41) is 3.88. The van der Waals surface area contributed by atoms with Crippen LogP contribution in [-0.2, 0) is 11.0 Å². The molecular formula is C29H30NOPS. The van der Waals surface area contributed by atoms with Gasteiger partial charge in [0.05, 0.1) is 21.8 Å². The zero-order chi connectivity index (χ0) is 23.3. The highest BCUT2D eigenvalue weighted by atomic mass is 32.2. The van der Waals surface area contributed by atoms with E-state index in [1.54, 1.807) is 0 Å². The van der Waals surface area contributed by atoms with E-state index >= 15 is 0 Å². The monoisotopic (exact) mass is 471 g/mol. The summed E-state index contributed by atoms with van der Waals surface area (Å²) in [4.78, 5) is 0. The molecule has 0 amide bonds. The van der Waals surface area contributed by atoms with E-state index in [1.807, 2.05) is 39.0 Å². The average Bonchev–Trinajstić information content (AvgIpc) is 2.84. The van der Waals surface area contributed by atoms with Crippen LogP contribution in [0, 0.1) is 0 Å². The molecule has 1 N–H and O–H groups in total. The second-order valence-corrected chi connectivity index (χ2v) is 13.1. The predicted octanol–water partition coefficient (Wildman–Crippen LogP) is 5.59. The van der Waals surface area contributed by atoms with Gasteiger partial charge in [-0.1, -0.05) is 115 Å². The third-order valence-corrected chi connectivity index (χ3v) is 9.51. The molecule has 4 rings (SSSR count). The third-order valence-electron chi connectivity index (χ3n) is 5.43. The molecule has 1 unspecified atom stereocenters. The lowest BCUT2D eigenvalue weighted by Gasteiger charge is -2.29. The fourth-order valence-electron chi connectivity index (χ4n) is 3.76. The standard InChI is InChI=1S/C29H30NOPS/c1-29(2,3)33(31)30-28(23-15-7-4-8-16-23)26-21-13-14-22-27(26)32(24-17-9-5-10-18-24)25-19-11-6-12-20-25/h4-22,28,30H,1-3H3/t28-,33?/m0/s1. The van der Waals surface area contributed by atoms with Gasteiger partial charge >= 0.3 is 0 Å². The molecule has 4 heteroatoms. The van der Waals surface area contributed by atoms with E-state index in [4.69, 9.17) is 0 Å². The van der Waals surface area contributed by atoms with Crippen molar-refractivity contribution >= 4 is 34.8 Å². The molecule has 2 nitrogen and oxygen atoms in total. The molecule has 4 aromatic carbocycles. The van der Waals surface area contributed by atoms with Crippen LogP contribution in [0.5, 0.6) is 0 Å². The molecule has 2 atom stereocenters. The Morgan fingerprint density at radius 2 is 1.12 bits per heavy atom. The molecule has 0 aliphatic carbocycles. The van der Waals surface area contributed by atoms with E-state index in [-0.39, 0.29) is 10.8 Å². The molecule has 0 aromatic heterocycles. The summed E-state index contributed by atoms with van der Waals surface area (Å²) < 4.78 is 16.3. The minimum Gasteiger partial charge on any atom is -0.242 e. The van der Waals surface area contributed by atoms with Crippen molar-refractivity contribution in [3.05, 3.63) is 126 Å². The van der Waals surface area contributed by atoms with Crippen LogP contribution in [-0.4, -0.2) is 8.96 Å². The van der Waals surface area contributed by atoms with Gasteiger partial charge in [-0.15, -0.1) is 0 Å². The number of benzene rings is 4. The van der Waals surface area contributed by atoms with Gasteiger partial charge in [0, 0.05) is 0 Å². The Balaban J connectivity index is 1.89. The number of rotatable bonds is 7. The van der Waals surface area contributed by atoms with Crippen molar-refractivity contribution in [1.29, 1.82) is 0 Å². The Labute approximate surface area is 201 Å². The molecule has 0 radical (unpaired) electrons. The molecule has 0 bridgehead atoms. The van der Waals surface area contributed by atoms with E-state index in [2.05, 4.69) is 102 Å². The van der Waals surface area contributed by atoms with Gasteiger partial charge in [-0.3, -0.25) is 0 Å². The Morgan fingerprint density at radius 1 is 0.667 bits per heavy atom. The van der Waals surface area contributed by atoms with Gasteiger partial charge in [-0.2, -0.15) is 0 Å². The van der Waals surface area contributed by atoms with Crippen LogP contribution in [0.1, 0.15) is 37.9 Å². The lowest BCUT2D eigenvalue weighted by atomic mass is 10.00. The van der Waals surface area contributed by atoms with Crippen LogP contribution >= 0.6 is 7.92 Å². The zero-order valence-corrected chi connectivity index (χ0v) is 21.0. The van der Waals surface area contributed by atoms with Gasteiger partial charge in [-0.05, 0) is 55.7 Å². The Kier molecular flexibility index (Phi) is 7.55. The van der Waals surface area contributed by atoms with Gasteiger partial charge in [0.1, 0.15) is 0 Å². The van der Waals surface area contributed by atoms with Crippen LogP contribution in [0.4, 0.5) is 0 Å². The summed E-state index contributed by atoms with van der Waals surface area (Å²) in [6.45, 7) is 6.01. The Morgan fingerprint density at radius 3 is 1.64 bits per heavy atom. The summed E-state index contributed by atoms with van der Waals surface area (Å²) in [6.07, 6.45) is 0. The minimum atomic E-state index is -1.22. The quantitative estimate of drug-likeness (QED) is 0.350. The molecule has 0 spiro atoms. The maximum atomic E-state index is 13.2. The van der Waals surface area contributed by atoms with Crippen LogP contribution in [0.3, 0.4) is 0 Å². The van der Waals surface area contributed by atoms with Crippen LogP contribution in [0.25, 0.3) is 0 Å². The molecule has 0 heterocycles. The average molecular weight is 472 g/mol. The van der Waals surface area contributed by atoms with Crippen LogP contribution in [0.2, 0.25) is 0 Å². The topological polar surface area (TPSA) is 29.1 Å². The number of hydrogen-bond donors (Lipinski definition) is 1. The predicted molar refractivity (Wildman–Crippen MR) is 144 cm³/mol. The van der Waals surface area contributed by atoms with E-state index in [1.165, 1.54) is 21.5 Å². The molecule has 0 saturated heterocycles. The summed E-state index contributed by atoms with van der Waals surface area (Å²) in [6, 6.07) is 40.2. The van der Waals surface area contributed by atoms with Crippen molar-refractivity contribution < 1.29 is 4.21 Å². The first-order valence-corrected chi connectivity index (χ1v) is 13.7. The largest absolute Gasteiger partial charge is 0.242 e. The van der Waals surface area contributed by atoms with Crippen LogP contribution in [0.15, 0.2) is 115 Å². The maximum absolute atomic E-state index is 13.2. The van der Waals surface area contributed by atoms with Crippen molar-refractivity contribution in [3.8, 4) is 0 Å². The summed E-state index contributed by atoms with van der Waals surface area (Å²) in [5.41, 5.74) is 2.28. The second kappa shape index (κ2) is 10.6. The first-order valence-electron chi connectivity index (χ1n) is 11.2. The van der Waals surface area contributed by atoms with Gasteiger partial charge in [0.2, 0.25) is 0 Å². The van der Waals surface area contributed by atoms with Gasteiger partial charge in [0.15, 0.2) is 0 Å². The van der Waals surface area contributed by atoms with Crippen molar-refractivity contribution in [1.82, 2.24) is 4.72 Å². The number of nitrogens with one attached hydrogen (secondary N) is 1. The van der Waals surface area contributed by atoms with Crippen molar-refractivity contribution in [2.24, 2.45) is 0 Å². The van der Waals surface area contributed by atoms with Gasteiger partial charge < -0.3 is 0 Å². The molecule has 33 heavy (non-hydrogen) atoms. The first-order chi connectivity index (χ1) is 15.9. The Bertz CT molecular complexity index is 1150. The fraction of sp³-hybridized carbons (Fsp3) is 0.172. The van der Waals surface area contributed by atoms with Crippen molar-refractivity contribution in [2.45, 2.75) is 31.6 Å². The molecular weight excluding hydrogens is 441 g/mol. The van der Waals surface area contributed by atoms with Crippen LogP contribution < -0.4 is 20.6 Å². The van der Waals surface area contributed by atoms with E-state index in [0.717, 1.165) is 5.56 Å². The Hall–Kier alpha value is -2.58. The van der Waals surface area contributed by atoms with Gasteiger partial charge in [0.25, 0.3) is 0 Å². The molecule has 0 aliphatic rings. The molecule has 4 aromatic rings. The summed E-state index contributed by atoms with van der Waals surface area (Å²) in [5.74, 6) is 0. The van der Waals surface area contributed by atoms with E-state index in [0.29, 0.717) is 0 Å². The van der Waals surface area contributed by atoms with E-state index < -0.39 is 18.9 Å². The van der Waals surface area contributed by atoms with Crippen molar-refractivity contribution in [2.75, 3.05) is 0 Å². The highest BCUT2D eigenvalue weighted by Crippen LogP contribution is 2.37. The summed E-state index contributed by atoms with van der Waals surface area (Å²) >= 11 is 0. The fourth-order valence-corrected chi connectivity index (χ4v) is 7.08. The molecule has 0 saturated carbocycles. The lowest BCUT2D eigenvalue weighted by Crippen LogP contribution is -2.38. The van der Waals surface area contributed by atoms with E-state index in [9.17, 15) is 4.21 Å². The highest BCUT2D eigenvalue weighted by molar-refractivity contribution is 7.84. The lowest BCUT2D eigenvalue weighted by molar-refractivity contribution is 0.624. The molecule has 0 fully saturated rings. The molecule has 0 aliphatic heterocycles. The van der Waals surface area contributed by atoms with Gasteiger partial charge in [-0.25, -0.2) is 8.93 Å². The second-order valence-electron chi connectivity index (χ2n) is 8.91. The molecule has 168 valence electrons. The SMILES string of the molecule is CC(C)(C)S(=O)N[C@@H](c1ccccc1)c1ccccc1P(c1ccccc1)c1ccccc1.